The maximum atomic E-state index is 12.8. The Morgan fingerprint density at radius 2 is 2.00 bits per heavy atom. The summed E-state index contributed by atoms with van der Waals surface area (Å²) in [6.45, 7) is 2.97. The number of fused-ring (bicyclic) bond motifs is 5. The van der Waals surface area contributed by atoms with Crippen molar-refractivity contribution in [3.63, 3.8) is 0 Å². The summed E-state index contributed by atoms with van der Waals surface area (Å²) in [7, 11) is -4.84. The van der Waals surface area contributed by atoms with E-state index in [1.807, 2.05) is 13.0 Å². The number of carbonyl (C=O) groups is 2. The van der Waals surface area contributed by atoms with Crippen LogP contribution >= 0.6 is 7.82 Å². The zero-order valence-corrected chi connectivity index (χ0v) is 18.0. The van der Waals surface area contributed by atoms with Crippen LogP contribution in [0.1, 0.15) is 46.0 Å². The van der Waals surface area contributed by atoms with Crippen LogP contribution in [0.15, 0.2) is 23.8 Å². The van der Waals surface area contributed by atoms with Gasteiger partial charge in [0.2, 0.25) is 0 Å². The van der Waals surface area contributed by atoms with Gasteiger partial charge in [0.1, 0.15) is 12.2 Å². The van der Waals surface area contributed by atoms with Gasteiger partial charge in [0.05, 0.1) is 6.10 Å². The highest BCUT2D eigenvalue weighted by molar-refractivity contribution is 7.46. The van der Waals surface area contributed by atoms with Gasteiger partial charge in [-0.15, -0.1) is 0 Å². The Morgan fingerprint density at radius 3 is 2.67 bits per heavy atom. The van der Waals surface area contributed by atoms with E-state index in [9.17, 15) is 24.4 Å². The fourth-order valence-corrected chi connectivity index (χ4v) is 7.34. The average Bonchev–Trinajstić information content (AvgIpc) is 2.91. The standard InChI is InChI=1S/C21H29O8P/c1-19-7-5-13(22)9-12(19)3-4-14-15-6-8-21(25,17(24)11-29-30(26,27)28)20(15,2)10-16(23)18(14)19/h5,7,9,14-16,18,23,25H,3-4,6,8,10-11H2,1-2H3,(H2,26,27,28)/t14-,15-,16+,18+,19+,20+,21-/m1/s1. The average molecular weight is 440 g/mol. The molecule has 0 aromatic heterocycles. The van der Waals surface area contributed by atoms with Crippen molar-refractivity contribution >= 4 is 19.4 Å². The molecule has 9 heteroatoms. The first kappa shape index (κ1) is 22.1. The Labute approximate surface area is 175 Å². The van der Waals surface area contributed by atoms with E-state index in [1.165, 1.54) is 0 Å². The van der Waals surface area contributed by atoms with E-state index < -0.39 is 42.7 Å². The second-order valence-electron chi connectivity index (χ2n) is 9.80. The van der Waals surface area contributed by atoms with Crippen molar-refractivity contribution in [2.24, 2.45) is 28.6 Å². The highest BCUT2D eigenvalue weighted by atomic mass is 31.2. The third-order valence-corrected chi connectivity index (χ3v) is 8.94. The molecule has 0 radical (unpaired) electrons. The lowest BCUT2D eigenvalue weighted by Crippen LogP contribution is -2.61. The second kappa shape index (κ2) is 6.92. The molecule has 0 aliphatic heterocycles. The molecule has 0 bridgehead atoms. The molecule has 4 rings (SSSR count). The molecule has 0 amide bonds. The van der Waals surface area contributed by atoms with E-state index in [-0.39, 0.29) is 36.4 Å². The molecular formula is C21H29O8P. The van der Waals surface area contributed by atoms with Crippen molar-refractivity contribution in [3.8, 4) is 0 Å². The summed E-state index contributed by atoms with van der Waals surface area (Å²) in [4.78, 5) is 42.5. The van der Waals surface area contributed by atoms with Crippen LogP contribution in [-0.2, 0) is 18.7 Å². The van der Waals surface area contributed by atoms with Crippen molar-refractivity contribution in [1.29, 1.82) is 0 Å². The Bertz CT molecular complexity index is 889. The Morgan fingerprint density at radius 1 is 1.30 bits per heavy atom. The van der Waals surface area contributed by atoms with Gasteiger partial charge < -0.3 is 20.0 Å². The minimum Gasteiger partial charge on any atom is -0.393 e. The van der Waals surface area contributed by atoms with E-state index >= 15 is 0 Å². The summed E-state index contributed by atoms with van der Waals surface area (Å²) >= 11 is 0. The van der Waals surface area contributed by atoms with Gasteiger partial charge in [0.25, 0.3) is 0 Å². The molecule has 4 N–H and O–H groups in total. The Hall–Kier alpha value is -1.15. The number of hydrogen-bond donors (Lipinski definition) is 4. The second-order valence-corrected chi connectivity index (χ2v) is 11.0. The first-order valence-electron chi connectivity index (χ1n) is 10.4. The molecule has 8 nitrogen and oxygen atoms in total. The summed E-state index contributed by atoms with van der Waals surface area (Å²) in [5.74, 6) is -0.888. The summed E-state index contributed by atoms with van der Waals surface area (Å²) in [6, 6.07) is 0. The summed E-state index contributed by atoms with van der Waals surface area (Å²) < 4.78 is 15.4. The summed E-state index contributed by atoms with van der Waals surface area (Å²) in [5.41, 5.74) is -2.15. The first-order chi connectivity index (χ1) is 13.8. The lowest BCUT2D eigenvalue weighted by atomic mass is 9.46. The Balaban J connectivity index is 1.65. The molecule has 0 aromatic rings. The predicted octanol–water partition coefficient (Wildman–Crippen LogP) is 1.67. The van der Waals surface area contributed by atoms with Crippen LogP contribution in [0.2, 0.25) is 0 Å². The number of aliphatic hydroxyl groups excluding tert-OH is 1. The van der Waals surface area contributed by atoms with Gasteiger partial charge in [0.15, 0.2) is 11.6 Å². The van der Waals surface area contributed by atoms with Crippen molar-refractivity contribution in [3.05, 3.63) is 23.8 Å². The van der Waals surface area contributed by atoms with Crippen LogP contribution < -0.4 is 0 Å². The lowest BCUT2D eigenvalue weighted by Gasteiger charge is -2.59. The van der Waals surface area contributed by atoms with Gasteiger partial charge in [-0.3, -0.25) is 14.1 Å². The number of carbonyl (C=O) groups excluding carboxylic acids is 2. The number of phosphoric acid groups is 1. The predicted molar refractivity (Wildman–Crippen MR) is 106 cm³/mol. The van der Waals surface area contributed by atoms with Gasteiger partial charge in [-0.25, -0.2) is 4.57 Å². The fourth-order valence-electron chi connectivity index (χ4n) is 7.05. The molecule has 0 spiro atoms. The number of Topliss-reactive ketones (excluding diaryl/α,β-unsaturated/α-hetero) is 1. The number of aliphatic hydroxyl groups is 2. The third kappa shape index (κ3) is 3.12. The number of rotatable bonds is 4. The minimum atomic E-state index is -4.84. The van der Waals surface area contributed by atoms with Crippen molar-refractivity contribution in [1.82, 2.24) is 0 Å². The van der Waals surface area contributed by atoms with Gasteiger partial charge in [-0.1, -0.05) is 25.5 Å². The molecule has 3 fully saturated rings. The molecule has 0 heterocycles. The van der Waals surface area contributed by atoms with E-state index in [1.54, 1.807) is 19.1 Å². The number of allylic oxidation sites excluding steroid dienone is 4. The number of ketones is 2. The molecule has 3 saturated carbocycles. The molecule has 166 valence electrons. The monoisotopic (exact) mass is 440 g/mol. The topological polar surface area (TPSA) is 141 Å². The molecule has 0 aromatic carbocycles. The largest absolute Gasteiger partial charge is 0.470 e. The summed E-state index contributed by atoms with van der Waals surface area (Å²) in [5, 5.41) is 22.6. The fraction of sp³-hybridized carbons (Fsp3) is 0.714. The van der Waals surface area contributed by atoms with E-state index in [4.69, 9.17) is 9.79 Å². The van der Waals surface area contributed by atoms with E-state index in [0.29, 0.717) is 6.42 Å². The zero-order valence-electron chi connectivity index (χ0n) is 17.2. The maximum absolute atomic E-state index is 12.8. The van der Waals surface area contributed by atoms with Crippen molar-refractivity contribution in [2.45, 2.75) is 57.7 Å². The smallest absolute Gasteiger partial charge is 0.393 e. The van der Waals surface area contributed by atoms with Crippen LogP contribution in [0.3, 0.4) is 0 Å². The van der Waals surface area contributed by atoms with Crippen LogP contribution in [-0.4, -0.2) is 49.9 Å². The van der Waals surface area contributed by atoms with Crippen LogP contribution in [0.4, 0.5) is 0 Å². The van der Waals surface area contributed by atoms with Crippen molar-refractivity contribution in [2.75, 3.05) is 6.61 Å². The van der Waals surface area contributed by atoms with Gasteiger partial charge >= 0.3 is 7.82 Å². The van der Waals surface area contributed by atoms with Crippen LogP contribution in [0.5, 0.6) is 0 Å². The summed E-state index contributed by atoms with van der Waals surface area (Å²) in [6.07, 6.45) is 6.76. The molecule has 0 unspecified atom stereocenters. The Kier molecular flexibility index (Phi) is 5.09. The zero-order chi connectivity index (χ0) is 22.1. The molecule has 4 aliphatic carbocycles. The third-order valence-electron chi connectivity index (χ3n) is 8.47. The number of hydrogen-bond acceptors (Lipinski definition) is 6. The molecule has 30 heavy (non-hydrogen) atoms. The van der Waals surface area contributed by atoms with Gasteiger partial charge in [-0.05, 0) is 56.1 Å². The van der Waals surface area contributed by atoms with Gasteiger partial charge in [-0.2, -0.15) is 0 Å². The normalized spacial score (nSPS) is 45.4. The first-order valence-corrected chi connectivity index (χ1v) is 11.9. The molecule has 4 aliphatic rings. The van der Waals surface area contributed by atoms with E-state index in [0.717, 1.165) is 18.4 Å². The lowest BCUT2D eigenvalue weighted by molar-refractivity contribution is -0.178. The minimum absolute atomic E-state index is 0.0284. The van der Waals surface area contributed by atoms with Crippen molar-refractivity contribution < 1.29 is 38.7 Å². The van der Waals surface area contributed by atoms with E-state index in [2.05, 4.69) is 4.52 Å². The van der Waals surface area contributed by atoms with Crippen LogP contribution in [0, 0.1) is 28.6 Å². The van der Waals surface area contributed by atoms with Crippen LogP contribution in [0.25, 0.3) is 0 Å². The quantitative estimate of drug-likeness (QED) is 0.484. The number of phosphoric ester groups is 1. The highest BCUT2D eigenvalue weighted by Gasteiger charge is 2.68. The van der Waals surface area contributed by atoms with Gasteiger partial charge in [0, 0.05) is 16.7 Å². The molecule has 0 saturated heterocycles. The molecule has 7 atom stereocenters. The molecular weight excluding hydrogens is 411 g/mol. The maximum Gasteiger partial charge on any atom is 0.470 e. The highest BCUT2D eigenvalue weighted by Crippen LogP contribution is 2.67. The SMILES string of the molecule is C[C@]12C=CC(=O)C=C1CC[C@H]1[C@H]2[C@@H](O)C[C@@]2(C)[C@@H]1CC[C@@]2(O)C(=O)COP(=O)(O)O.